The Morgan fingerprint density at radius 1 is 1.35 bits per heavy atom. The number of carbonyl (C=O) groups is 2. The number of carbonyl (C=O) groups excluding carboxylic acids is 2. The maximum Gasteiger partial charge on any atom is 0.320 e. The molecule has 0 spiro atoms. The van der Waals surface area contributed by atoms with Crippen LogP contribution in [0.1, 0.15) is 29.8 Å². The van der Waals surface area contributed by atoms with Crippen molar-refractivity contribution in [1.82, 2.24) is 15.6 Å². The van der Waals surface area contributed by atoms with Crippen LogP contribution in [-0.2, 0) is 0 Å². The minimum atomic E-state index is -0.317. The minimum absolute atomic E-state index is 0.0610. The number of pyridine rings is 1. The Labute approximate surface area is 117 Å². The number of anilines is 1. The van der Waals surface area contributed by atoms with Gasteiger partial charge in [0.15, 0.2) is 0 Å². The second-order valence-electron chi connectivity index (χ2n) is 4.55. The van der Waals surface area contributed by atoms with Gasteiger partial charge in [0.1, 0.15) is 11.5 Å². The summed E-state index contributed by atoms with van der Waals surface area (Å²) >= 11 is 0. The van der Waals surface area contributed by atoms with Crippen molar-refractivity contribution in [3.05, 3.63) is 36.0 Å². The zero-order valence-electron chi connectivity index (χ0n) is 11.3. The van der Waals surface area contributed by atoms with Gasteiger partial charge >= 0.3 is 6.03 Å². The standard InChI is InChI=1S/C14H18N4O2/c1-15-13(19)11-8-5-9-12(17-11)18-14(20)16-10-6-3-2-4-7-10/h3,5-6,8-10H,2,4,7H2,1H3,(H,15,19)(H2,16,17,18,20). The molecular formula is C14H18N4O2. The molecule has 0 radical (unpaired) electrons. The molecule has 1 atom stereocenters. The van der Waals surface area contributed by atoms with Crippen LogP contribution >= 0.6 is 0 Å². The molecule has 2 rings (SSSR count). The number of hydrogen-bond acceptors (Lipinski definition) is 3. The number of urea groups is 1. The SMILES string of the molecule is CNC(=O)c1cccc(NC(=O)NC2C=CCCC2)n1. The smallest absolute Gasteiger partial charge is 0.320 e. The topological polar surface area (TPSA) is 83.1 Å². The van der Waals surface area contributed by atoms with Gasteiger partial charge in [-0.1, -0.05) is 18.2 Å². The fourth-order valence-corrected chi connectivity index (χ4v) is 2.01. The van der Waals surface area contributed by atoms with Crippen LogP contribution in [0.15, 0.2) is 30.4 Å². The van der Waals surface area contributed by atoms with E-state index in [1.54, 1.807) is 18.2 Å². The quantitative estimate of drug-likeness (QED) is 0.733. The molecule has 0 aromatic carbocycles. The molecule has 1 unspecified atom stereocenters. The number of nitrogens with zero attached hydrogens (tertiary/aromatic N) is 1. The number of aromatic nitrogens is 1. The molecule has 1 aromatic heterocycles. The van der Waals surface area contributed by atoms with Gasteiger partial charge < -0.3 is 10.6 Å². The molecule has 6 heteroatoms. The third kappa shape index (κ3) is 3.81. The van der Waals surface area contributed by atoms with Crippen LogP contribution in [-0.4, -0.2) is 30.0 Å². The van der Waals surface area contributed by atoms with Crippen molar-refractivity contribution in [1.29, 1.82) is 0 Å². The average Bonchev–Trinajstić information content (AvgIpc) is 2.47. The van der Waals surface area contributed by atoms with Gasteiger partial charge in [0.25, 0.3) is 5.91 Å². The van der Waals surface area contributed by atoms with Gasteiger partial charge in [-0.05, 0) is 31.4 Å². The Hall–Kier alpha value is -2.37. The van der Waals surface area contributed by atoms with Crippen LogP contribution in [0, 0.1) is 0 Å². The monoisotopic (exact) mass is 274 g/mol. The molecule has 1 heterocycles. The summed E-state index contributed by atoms with van der Waals surface area (Å²) in [6.45, 7) is 0. The van der Waals surface area contributed by atoms with Crippen molar-refractivity contribution in [2.75, 3.05) is 12.4 Å². The number of allylic oxidation sites excluding steroid dienone is 1. The molecule has 0 bridgehead atoms. The lowest BCUT2D eigenvalue weighted by molar-refractivity contribution is 0.0958. The molecule has 3 amide bonds. The first-order valence-electron chi connectivity index (χ1n) is 6.62. The minimum Gasteiger partial charge on any atom is -0.354 e. The molecule has 1 aliphatic rings. The highest BCUT2D eigenvalue weighted by Gasteiger charge is 2.12. The summed E-state index contributed by atoms with van der Waals surface area (Å²) in [5, 5.41) is 7.97. The Morgan fingerprint density at radius 3 is 2.90 bits per heavy atom. The Morgan fingerprint density at radius 2 is 2.20 bits per heavy atom. The fourth-order valence-electron chi connectivity index (χ4n) is 2.01. The van der Waals surface area contributed by atoms with E-state index >= 15 is 0 Å². The molecule has 0 saturated heterocycles. The summed E-state index contributed by atoms with van der Waals surface area (Å²) in [6, 6.07) is 4.65. The highest BCUT2D eigenvalue weighted by molar-refractivity contribution is 5.93. The first kappa shape index (κ1) is 14.0. The van der Waals surface area contributed by atoms with E-state index < -0.39 is 0 Å². The van der Waals surface area contributed by atoms with Crippen LogP contribution in [0.3, 0.4) is 0 Å². The van der Waals surface area contributed by atoms with Gasteiger partial charge in [-0.3, -0.25) is 10.1 Å². The van der Waals surface area contributed by atoms with E-state index in [1.165, 1.54) is 7.05 Å². The van der Waals surface area contributed by atoms with Crippen LogP contribution in [0.4, 0.5) is 10.6 Å². The molecule has 0 fully saturated rings. The first-order chi connectivity index (χ1) is 9.69. The lowest BCUT2D eigenvalue weighted by Crippen LogP contribution is -2.37. The van der Waals surface area contributed by atoms with E-state index in [0.717, 1.165) is 19.3 Å². The van der Waals surface area contributed by atoms with Gasteiger partial charge in [0.05, 0.1) is 0 Å². The molecule has 0 saturated carbocycles. The predicted molar refractivity (Wildman–Crippen MR) is 76.6 cm³/mol. The van der Waals surface area contributed by atoms with Crippen molar-refractivity contribution in [3.8, 4) is 0 Å². The van der Waals surface area contributed by atoms with Crippen molar-refractivity contribution >= 4 is 17.8 Å². The third-order valence-corrected chi connectivity index (χ3v) is 3.02. The number of amides is 3. The van der Waals surface area contributed by atoms with Crippen molar-refractivity contribution < 1.29 is 9.59 Å². The highest BCUT2D eigenvalue weighted by Crippen LogP contribution is 2.10. The number of nitrogens with one attached hydrogen (secondary N) is 3. The normalized spacial score (nSPS) is 17.4. The van der Waals surface area contributed by atoms with Gasteiger partial charge in [-0.2, -0.15) is 0 Å². The van der Waals surface area contributed by atoms with Gasteiger partial charge in [-0.25, -0.2) is 9.78 Å². The second-order valence-corrected chi connectivity index (χ2v) is 4.55. The van der Waals surface area contributed by atoms with Gasteiger partial charge in [0, 0.05) is 13.1 Å². The molecule has 1 aromatic rings. The lowest BCUT2D eigenvalue weighted by Gasteiger charge is -2.18. The largest absolute Gasteiger partial charge is 0.354 e. The average molecular weight is 274 g/mol. The summed E-state index contributed by atoms with van der Waals surface area (Å²) in [7, 11) is 1.53. The fraction of sp³-hybridized carbons (Fsp3) is 0.357. The molecular weight excluding hydrogens is 256 g/mol. The van der Waals surface area contributed by atoms with Gasteiger partial charge in [-0.15, -0.1) is 0 Å². The second kappa shape index (κ2) is 6.70. The summed E-state index contributed by atoms with van der Waals surface area (Å²) < 4.78 is 0. The van der Waals surface area contributed by atoms with E-state index in [2.05, 4.69) is 27.0 Å². The van der Waals surface area contributed by atoms with E-state index in [9.17, 15) is 9.59 Å². The van der Waals surface area contributed by atoms with E-state index in [1.807, 2.05) is 6.08 Å². The maximum absolute atomic E-state index is 11.8. The summed E-state index contributed by atoms with van der Waals surface area (Å²) in [4.78, 5) is 27.4. The molecule has 1 aliphatic carbocycles. The van der Waals surface area contributed by atoms with Gasteiger partial charge in [0.2, 0.25) is 0 Å². The van der Waals surface area contributed by atoms with Crippen LogP contribution < -0.4 is 16.0 Å². The van der Waals surface area contributed by atoms with Crippen LogP contribution in [0.25, 0.3) is 0 Å². The zero-order chi connectivity index (χ0) is 14.4. The van der Waals surface area contributed by atoms with E-state index in [-0.39, 0.29) is 23.7 Å². The van der Waals surface area contributed by atoms with Crippen LogP contribution in [0.2, 0.25) is 0 Å². The molecule has 106 valence electrons. The lowest BCUT2D eigenvalue weighted by atomic mass is 10.0. The van der Waals surface area contributed by atoms with Crippen molar-refractivity contribution in [3.63, 3.8) is 0 Å². The number of rotatable bonds is 3. The predicted octanol–water partition coefficient (Wildman–Crippen LogP) is 1.67. The molecule has 20 heavy (non-hydrogen) atoms. The Balaban J connectivity index is 1.95. The zero-order valence-corrected chi connectivity index (χ0v) is 11.3. The summed E-state index contributed by atoms with van der Waals surface area (Å²) in [6.07, 6.45) is 7.15. The molecule has 6 nitrogen and oxygen atoms in total. The summed E-state index contributed by atoms with van der Waals surface area (Å²) in [5.41, 5.74) is 0.267. The molecule has 0 aliphatic heterocycles. The highest BCUT2D eigenvalue weighted by atomic mass is 16.2. The van der Waals surface area contributed by atoms with Crippen molar-refractivity contribution in [2.24, 2.45) is 0 Å². The third-order valence-electron chi connectivity index (χ3n) is 3.02. The summed E-state index contributed by atoms with van der Waals surface area (Å²) in [5.74, 6) is 0.0626. The van der Waals surface area contributed by atoms with Crippen LogP contribution in [0.5, 0.6) is 0 Å². The van der Waals surface area contributed by atoms with E-state index in [0.29, 0.717) is 5.82 Å². The Bertz CT molecular complexity index is 528. The van der Waals surface area contributed by atoms with E-state index in [4.69, 9.17) is 0 Å². The Kier molecular flexibility index (Phi) is 4.70. The first-order valence-corrected chi connectivity index (χ1v) is 6.62. The maximum atomic E-state index is 11.8. The number of hydrogen-bond donors (Lipinski definition) is 3. The van der Waals surface area contributed by atoms with Crippen molar-refractivity contribution in [2.45, 2.75) is 25.3 Å². The molecule has 3 N–H and O–H groups in total.